The molecule has 0 aliphatic rings. The molecule has 0 radical (unpaired) electrons. The Labute approximate surface area is 51.0 Å². The Balaban J connectivity index is 2.80. The maximum atomic E-state index is 9.80. The number of aryl methyl sites for hydroxylation is 1. The van der Waals surface area contributed by atoms with E-state index < -0.39 is 0 Å². The SMILES string of the molecule is Cc1nnoc1NC=O. The number of hydrogen-bond donors (Lipinski definition) is 1. The number of carbonyl (C=O) groups is 1. The fourth-order valence-electron chi connectivity index (χ4n) is 0.418. The maximum Gasteiger partial charge on any atom is 0.254 e. The molecule has 1 aromatic rings. The van der Waals surface area contributed by atoms with Gasteiger partial charge in [0, 0.05) is 5.27 Å². The Kier molecular flexibility index (Phi) is 1.44. The molecule has 9 heavy (non-hydrogen) atoms. The number of aromatic nitrogens is 2. The van der Waals surface area contributed by atoms with Crippen molar-refractivity contribution in [3.8, 4) is 0 Å². The summed E-state index contributed by atoms with van der Waals surface area (Å²) in [7, 11) is 0. The van der Waals surface area contributed by atoms with Crippen molar-refractivity contribution < 1.29 is 9.32 Å². The summed E-state index contributed by atoms with van der Waals surface area (Å²) in [6, 6.07) is 0. The first kappa shape index (κ1) is 5.74. The third-order valence-corrected chi connectivity index (χ3v) is 0.842. The lowest BCUT2D eigenvalue weighted by Crippen LogP contribution is -1.92. The molecule has 48 valence electrons. The van der Waals surface area contributed by atoms with Gasteiger partial charge >= 0.3 is 0 Å². The van der Waals surface area contributed by atoms with Crippen molar-refractivity contribution in [1.29, 1.82) is 0 Å². The smallest absolute Gasteiger partial charge is 0.254 e. The van der Waals surface area contributed by atoms with Crippen LogP contribution in [-0.4, -0.2) is 16.8 Å². The first-order valence-electron chi connectivity index (χ1n) is 2.33. The Morgan fingerprint density at radius 2 is 2.56 bits per heavy atom. The van der Waals surface area contributed by atoms with Gasteiger partial charge in [-0.15, -0.1) is 5.10 Å². The van der Waals surface area contributed by atoms with Crippen LogP contribution in [0.15, 0.2) is 4.52 Å². The van der Waals surface area contributed by atoms with Crippen molar-refractivity contribution >= 4 is 12.3 Å². The van der Waals surface area contributed by atoms with E-state index in [0.717, 1.165) is 0 Å². The number of hydrogen-bond acceptors (Lipinski definition) is 4. The quantitative estimate of drug-likeness (QED) is 0.565. The van der Waals surface area contributed by atoms with Gasteiger partial charge in [0.15, 0.2) is 0 Å². The molecule has 0 atom stereocenters. The Hall–Kier alpha value is -1.39. The van der Waals surface area contributed by atoms with Gasteiger partial charge in [-0.1, -0.05) is 0 Å². The molecular weight excluding hydrogens is 122 g/mol. The lowest BCUT2D eigenvalue weighted by atomic mass is 10.5. The molecule has 0 aliphatic carbocycles. The van der Waals surface area contributed by atoms with Gasteiger partial charge in [-0.2, -0.15) is 0 Å². The fraction of sp³-hybridized carbons (Fsp3) is 0.250. The molecular formula is C4H5N3O2. The summed E-state index contributed by atoms with van der Waals surface area (Å²) in [5, 5.41) is 8.97. The molecule has 5 heteroatoms. The standard InChI is InChI=1S/C4H5N3O2/c1-3-4(5-2-8)9-7-6-3/h2H,1H3,(H,5,8). The fourth-order valence-corrected chi connectivity index (χ4v) is 0.418. The number of nitrogens with one attached hydrogen (secondary N) is 1. The van der Waals surface area contributed by atoms with E-state index in [-0.39, 0.29) is 0 Å². The summed E-state index contributed by atoms with van der Waals surface area (Å²) >= 11 is 0. The molecule has 0 spiro atoms. The second kappa shape index (κ2) is 2.25. The van der Waals surface area contributed by atoms with E-state index in [4.69, 9.17) is 0 Å². The zero-order chi connectivity index (χ0) is 6.69. The van der Waals surface area contributed by atoms with E-state index in [1.165, 1.54) is 0 Å². The Bertz CT molecular complexity index is 207. The van der Waals surface area contributed by atoms with Crippen LogP contribution in [0.4, 0.5) is 5.88 Å². The second-order valence-corrected chi connectivity index (χ2v) is 1.45. The van der Waals surface area contributed by atoms with Crippen LogP contribution in [0.25, 0.3) is 0 Å². The number of amides is 1. The summed E-state index contributed by atoms with van der Waals surface area (Å²) in [5.41, 5.74) is 0.571. The number of nitrogens with zero attached hydrogens (tertiary/aromatic N) is 2. The van der Waals surface area contributed by atoms with E-state index in [1.807, 2.05) is 0 Å². The van der Waals surface area contributed by atoms with Crippen molar-refractivity contribution in [1.82, 2.24) is 10.4 Å². The van der Waals surface area contributed by atoms with Crippen LogP contribution in [0.5, 0.6) is 0 Å². The van der Waals surface area contributed by atoms with Gasteiger partial charge in [0.25, 0.3) is 5.88 Å². The van der Waals surface area contributed by atoms with Crippen LogP contribution in [-0.2, 0) is 4.79 Å². The highest BCUT2D eigenvalue weighted by molar-refractivity contribution is 5.68. The van der Waals surface area contributed by atoms with Gasteiger partial charge in [-0.3, -0.25) is 10.1 Å². The van der Waals surface area contributed by atoms with Gasteiger partial charge in [0.2, 0.25) is 6.41 Å². The van der Waals surface area contributed by atoms with Crippen LogP contribution in [0.3, 0.4) is 0 Å². The molecule has 0 aromatic carbocycles. The normalized spacial score (nSPS) is 9.00. The number of rotatable bonds is 2. The number of anilines is 1. The van der Waals surface area contributed by atoms with E-state index in [9.17, 15) is 4.79 Å². The average Bonchev–Trinajstić information content (AvgIpc) is 2.18. The van der Waals surface area contributed by atoms with Crippen LogP contribution >= 0.6 is 0 Å². The lowest BCUT2D eigenvalue weighted by molar-refractivity contribution is -0.105. The van der Waals surface area contributed by atoms with Crippen molar-refractivity contribution in [3.63, 3.8) is 0 Å². The van der Waals surface area contributed by atoms with Gasteiger partial charge < -0.3 is 4.52 Å². The van der Waals surface area contributed by atoms with E-state index in [2.05, 4.69) is 20.2 Å². The molecule has 0 aliphatic heterocycles. The third kappa shape index (κ3) is 1.04. The highest BCUT2D eigenvalue weighted by Crippen LogP contribution is 2.06. The van der Waals surface area contributed by atoms with E-state index in [0.29, 0.717) is 18.0 Å². The third-order valence-electron chi connectivity index (χ3n) is 0.842. The first-order valence-corrected chi connectivity index (χ1v) is 2.33. The van der Waals surface area contributed by atoms with Crippen molar-refractivity contribution in [2.24, 2.45) is 0 Å². The summed E-state index contributed by atoms with van der Waals surface area (Å²) in [4.78, 5) is 9.80. The van der Waals surface area contributed by atoms with Crippen molar-refractivity contribution in [2.45, 2.75) is 6.92 Å². The van der Waals surface area contributed by atoms with E-state index >= 15 is 0 Å². The predicted molar refractivity (Wildman–Crippen MR) is 28.7 cm³/mol. The molecule has 0 saturated heterocycles. The molecule has 0 bridgehead atoms. The highest BCUT2D eigenvalue weighted by Gasteiger charge is 2.00. The lowest BCUT2D eigenvalue weighted by Gasteiger charge is -1.85. The van der Waals surface area contributed by atoms with Crippen LogP contribution in [0.1, 0.15) is 5.69 Å². The zero-order valence-corrected chi connectivity index (χ0v) is 4.79. The summed E-state index contributed by atoms with van der Waals surface area (Å²) in [5.74, 6) is 0.296. The molecule has 1 N–H and O–H groups in total. The molecule has 0 fully saturated rings. The van der Waals surface area contributed by atoms with Crippen LogP contribution in [0, 0.1) is 6.92 Å². The minimum Gasteiger partial charge on any atom is -0.318 e. The molecule has 5 nitrogen and oxygen atoms in total. The summed E-state index contributed by atoms with van der Waals surface area (Å²) in [6.07, 6.45) is 0.509. The van der Waals surface area contributed by atoms with Gasteiger partial charge in [-0.05, 0) is 6.92 Å². The minimum absolute atomic E-state index is 0.296. The molecule has 1 amide bonds. The summed E-state index contributed by atoms with van der Waals surface area (Å²) in [6.45, 7) is 1.68. The van der Waals surface area contributed by atoms with E-state index in [1.54, 1.807) is 6.92 Å². The molecule has 0 saturated carbocycles. The van der Waals surface area contributed by atoms with Gasteiger partial charge in [0.05, 0.1) is 0 Å². The van der Waals surface area contributed by atoms with Gasteiger partial charge in [0.1, 0.15) is 5.69 Å². The topological polar surface area (TPSA) is 68.0 Å². The Morgan fingerprint density at radius 3 is 3.00 bits per heavy atom. The molecule has 0 unspecified atom stereocenters. The molecule has 1 heterocycles. The average molecular weight is 127 g/mol. The minimum atomic E-state index is 0.296. The Morgan fingerprint density at radius 1 is 1.78 bits per heavy atom. The number of carbonyl (C=O) groups excluding carboxylic acids is 1. The zero-order valence-electron chi connectivity index (χ0n) is 4.79. The van der Waals surface area contributed by atoms with Gasteiger partial charge in [-0.25, -0.2) is 0 Å². The summed E-state index contributed by atoms with van der Waals surface area (Å²) < 4.78 is 4.50. The second-order valence-electron chi connectivity index (χ2n) is 1.45. The first-order chi connectivity index (χ1) is 4.34. The van der Waals surface area contributed by atoms with Crippen LogP contribution < -0.4 is 5.32 Å². The van der Waals surface area contributed by atoms with Crippen LogP contribution in [0.2, 0.25) is 0 Å². The highest BCUT2D eigenvalue weighted by atomic mass is 16.5. The molecule has 1 rings (SSSR count). The predicted octanol–water partition coefficient (Wildman–Crippen LogP) is -0.0537. The largest absolute Gasteiger partial charge is 0.318 e. The van der Waals surface area contributed by atoms with Crippen molar-refractivity contribution in [2.75, 3.05) is 5.32 Å². The maximum absolute atomic E-state index is 9.80. The van der Waals surface area contributed by atoms with Crippen molar-refractivity contribution in [3.05, 3.63) is 5.69 Å². The monoisotopic (exact) mass is 127 g/mol. The molecule has 1 aromatic heterocycles.